The number of aromatic amines is 1. The molecule has 1 aromatic heterocycles. The molecule has 0 saturated heterocycles. The van der Waals surface area contributed by atoms with Crippen LogP contribution in [-0.2, 0) is 6.42 Å². The van der Waals surface area contributed by atoms with Gasteiger partial charge in [-0.15, -0.1) is 0 Å². The van der Waals surface area contributed by atoms with E-state index in [0.717, 1.165) is 17.4 Å². The number of hydrogen-bond donors (Lipinski definition) is 2. The molecule has 0 aliphatic heterocycles. The van der Waals surface area contributed by atoms with Crippen molar-refractivity contribution in [3.63, 3.8) is 0 Å². The van der Waals surface area contributed by atoms with Crippen LogP contribution in [0.25, 0.3) is 10.9 Å². The van der Waals surface area contributed by atoms with Crippen LogP contribution in [-0.4, -0.2) is 11.5 Å². The van der Waals surface area contributed by atoms with Gasteiger partial charge in [-0.3, -0.25) is 0 Å². The van der Waals surface area contributed by atoms with Gasteiger partial charge in [0.2, 0.25) is 0 Å². The van der Waals surface area contributed by atoms with Gasteiger partial charge in [-0.2, -0.15) is 0 Å². The van der Waals surface area contributed by atoms with Crippen LogP contribution in [0.5, 0.6) is 0 Å². The number of para-hydroxylation sites is 1. The maximum atomic E-state index is 3.91. The molecule has 0 bridgehead atoms. The number of quaternary nitrogens is 1. The molecule has 1 aromatic carbocycles. The van der Waals surface area contributed by atoms with Crippen molar-refractivity contribution in [3.05, 3.63) is 33.9 Å². The molecule has 4 N–H and O–H groups in total. The molecule has 14 heavy (non-hydrogen) atoms. The number of rotatable bonds is 2. The van der Waals surface area contributed by atoms with Gasteiger partial charge in [0.1, 0.15) is 0 Å². The lowest BCUT2D eigenvalue weighted by Crippen LogP contribution is -2.51. The molecule has 0 saturated carbocycles. The van der Waals surface area contributed by atoms with Crippen molar-refractivity contribution in [1.29, 1.82) is 0 Å². The lowest BCUT2D eigenvalue weighted by molar-refractivity contribution is -0.366. The molecule has 0 unspecified atom stereocenters. The summed E-state index contributed by atoms with van der Waals surface area (Å²) in [6.45, 7) is 3.07. The van der Waals surface area contributed by atoms with Crippen LogP contribution < -0.4 is 5.73 Å². The Morgan fingerprint density at radius 1 is 1.43 bits per heavy atom. The first-order valence-electron chi connectivity index (χ1n) is 4.79. The van der Waals surface area contributed by atoms with Gasteiger partial charge >= 0.3 is 0 Å². The molecule has 0 aliphatic carbocycles. The SMILES string of the molecule is Cc1[nH]c2c(Br)cccc2c1CC[NH3+]. The summed E-state index contributed by atoms with van der Waals surface area (Å²) in [6, 6.07) is 6.30. The zero-order valence-electron chi connectivity index (χ0n) is 8.23. The molecule has 1 heterocycles. The van der Waals surface area contributed by atoms with E-state index in [-0.39, 0.29) is 0 Å². The van der Waals surface area contributed by atoms with Crippen molar-refractivity contribution in [1.82, 2.24) is 4.98 Å². The van der Waals surface area contributed by atoms with E-state index in [2.05, 4.69) is 51.8 Å². The van der Waals surface area contributed by atoms with Gasteiger partial charge in [0.15, 0.2) is 0 Å². The van der Waals surface area contributed by atoms with Crippen LogP contribution in [0.15, 0.2) is 22.7 Å². The van der Waals surface area contributed by atoms with Gasteiger partial charge in [-0.05, 0) is 34.5 Å². The molecule has 3 heteroatoms. The number of fused-ring (bicyclic) bond motifs is 1. The maximum absolute atomic E-state index is 3.91. The van der Waals surface area contributed by atoms with E-state index in [9.17, 15) is 0 Å². The van der Waals surface area contributed by atoms with Gasteiger partial charge < -0.3 is 10.7 Å². The van der Waals surface area contributed by atoms with Gasteiger partial charge in [0.25, 0.3) is 0 Å². The molecule has 0 atom stereocenters. The summed E-state index contributed by atoms with van der Waals surface area (Å²) in [5, 5.41) is 1.32. The summed E-state index contributed by atoms with van der Waals surface area (Å²) in [6.07, 6.45) is 1.04. The van der Waals surface area contributed by atoms with E-state index >= 15 is 0 Å². The molecule has 0 fully saturated rings. The van der Waals surface area contributed by atoms with Gasteiger partial charge in [0.05, 0.1) is 12.1 Å². The minimum absolute atomic E-state index is 0.945. The first-order valence-corrected chi connectivity index (χ1v) is 5.58. The van der Waals surface area contributed by atoms with Crippen LogP contribution >= 0.6 is 15.9 Å². The lowest BCUT2D eigenvalue weighted by atomic mass is 10.1. The third-order valence-electron chi connectivity index (χ3n) is 2.53. The highest BCUT2D eigenvalue weighted by Gasteiger charge is 2.09. The quantitative estimate of drug-likeness (QED) is 0.823. The Balaban J connectivity index is 2.70. The number of hydrogen-bond acceptors (Lipinski definition) is 0. The summed E-state index contributed by atoms with van der Waals surface area (Å²) >= 11 is 3.55. The van der Waals surface area contributed by atoms with E-state index in [1.54, 1.807) is 0 Å². The Morgan fingerprint density at radius 2 is 2.21 bits per heavy atom. The van der Waals surface area contributed by atoms with E-state index in [0.29, 0.717) is 0 Å². The standard InChI is InChI=1S/C11H13BrN2/c1-7-8(5-6-13)9-3-2-4-10(12)11(9)14-7/h2-4,14H,5-6,13H2,1H3/p+1. The molecule has 0 spiro atoms. The van der Waals surface area contributed by atoms with Crippen molar-refractivity contribution in [2.45, 2.75) is 13.3 Å². The highest BCUT2D eigenvalue weighted by Crippen LogP contribution is 2.28. The lowest BCUT2D eigenvalue weighted by Gasteiger charge is -1.96. The second kappa shape index (κ2) is 3.75. The van der Waals surface area contributed by atoms with Crippen molar-refractivity contribution in [3.8, 4) is 0 Å². The zero-order valence-corrected chi connectivity index (χ0v) is 9.82. The number of H-pyrrole nitrogens is 1. The fraction of sp³-hybridized carbons (Fsp3) is 0.273. The monoisotopic (exact) mass is 253 g/mol. The second-order valence-electron chi connectivity index (χ2n) is 3.49. The van der Waals surface area contributed by atoms with Crippen LogP contribution in [0.1, 0.15) is 11.3 Å². The first kappa shape index (κ1) is 9.74. The third kappa shape index (κ3) is 1.47. The summed E-state index contributed by atoms with van der Waals surface area (Å²) < 4.78 is 1.13. The van der Waals surface area contributed by atoms with Gasteiger partial charge in [0, 0.05) is 22.0 Å². The van der Waals surface area contributed by atoms with E-state index in [4.69, 9.17) is 0 Å². The average molecular weight is 254 g/mol. The smallest absolute Gasteiger partial charge is 0.0781 e. The molecule has 2 rings (SSSR count). The molecule has 0 amide bonds. The van der Waals surface area contributed by atoms with Crippen molar-refractivity contribution >= 4 is 26.8 Å². The molecule has 2 aromatic rings. The van der Waals surface area contributed by atoms with Crippen molar-refractivity contribution < 1.29 is 5.73 Å². The highest BCUT2D eigenvalue weighted by atomic mass is 79.9. The Bertz CT molecular complexity index is 460. The fourth-order valence-corrected chi connectivity index (χ4v) is 2.33. The Hall–Kier alpha value is -0.800. The molecule has 74 valence electrons. The molecular formula is C11H14BrN2+. The number of aromatic nitrogens is 1. The number of nitrogens with one attached hydrogen (secondary N) is 1. The van der Waals surface area contributed by atoms with Crippen LogP contribution in [0.3, 0.4) is 0 Å². The normalized spacial score (nSPS) is 11.1. The summed E-state index contributed by atoms with van der Waals surface area (Å²) in [7, 11) is 0. The van der Waals surface area contributed by atoms with Gasteiger partial charge in [-0.25, -0.2) is 0 Å². The molecular weight excluding hydrogens is 240 g/mol. The minimum atomic E-state index is 0.945. The van der Waals surface area contributed by atoms with E-state index in [1.807, 2.05) is 0 Å². The number of aryl methyl sites for hydroxylation is 1. The minimum Gasteiger partial charge on any atom is -0.357 e. The predicted octanol–water partition coefficient (Wildman–Crippen LogP) is 2.02. The second-order valence-corrected chi connectivity index (χ2v) is 4.35. The van der Waals surface area contributed by atoms with Crippen LogP contribution in [0.4, 0.5) is 0 Å². The van der Waals surface area contributed by atoms with Crippen LogP contribution in [0, 0.1) is 6.92 Å². The molecule has 2 nitrogen and oxygen atoms in total. The average Bonchev–Trinajstić information content (AvgIpc) is 2.47. The topological polar surface area (TPSA) is 43.4 Å². The zero-order chi connectivity index (χ0) is 10.1. The summed E-state index contributed by atoms with van der Waals surface area (Å²) in [4.78, 5) is 3.41. The van der Waals surface area contributed by atoms with E-state index < -0.39 is 0 Å². The molecule has 0 radical (unpaired) electrons. The van der Waals surface area contributed by atoms with E-state index in [1.165, 1.54) is 22.2 Å². The molecule has 0 aliphatic rings. The maximum Gasteiger partial charge on any atom is 0.0781 e. The predicted molar refractivity (Wildman–Crippen MR) is 62.2 cm³/mol. The fourth-order valence-electron chi connectivity index (χ4n) is 1.87. The Labute approximate surface area is 91.6 Å². The first-order chi connectivity index (χ1) is 6.74. The Morgan fingerprint density at radius 3 is 2.93 bits per heavy atom. The van der Waals surface area contributed by atoms with Crippen LogP contribution in [0.2, 0.25) is 0 Å². The summed E-state index contributed by atoms with van der Waals surface area (Å²) in [5.41, 5.74) is 7.77. The largest absolute Gasteiger partial charge is 0.357 e. The van der Waals surface area contributed by atoms with Gasteiger partial charge in [-0.1, -0.05) is 12.1 Å². The van der Waals surface area contributed by atoms with Crippen molar-refractivity contribution in [2.24, 2.45) is 0 Å². The number of halogens is 1. The summed E-state index contributed by atoms with van der Waals surface area (Å²) in [5.74, 6) is 0. The highest BCUT2D eigenvalue weighted by molar-refractivity contribution is 9.10. The van der Waals surface area contributed by atoms with Crippen molar-refractivity contribution in [2.75, 3.05) is 6.54 Å². The Kier molecular flexibility index (Phi) is 2.61. The number of benzene rings is 1. The third-order valence-corrected chi connectivity index (χ3v) is 3.19.